The van der Waals surface area contributed by atoms with Crippen molar-refractivity contribution < 1.29 is 4.79 Å². The van der Waals surface area contributed by atoms with Gasteiger partial charge < -0.3 is 0 Å². The number of carbonyl (C=O) groups is 1. The van der Waals surface area contributed by atoms with Gasteiger partial charge in [-0.25, -0.2) is 0 Å². The summed E-state index contributed by atoms with van der Waals surface area (Å²) in [6.45, 7) is 1.99. The van der Waals surface area contributed by atoms with Crippen molar-refractivity contribution in [1.82, 2.24) is 3.97 Å². The number of nitrogens with zero attached hydrogens (tertiary/aromatic N) is 1. The van der Waals surface area contributed by atoms with Crippen molar-refractivity contribution in [2.45, 2.75) is 6.92 Å². The van der Waals surface area contributed by atoms with Gasteiger partial charge in [-0.2, -0.15) is 0 Å². The molecule has 0 saturated carbocycles. The lowest BCUT2D eigenvalue weighted by molar-refractivity contribution is 0.112. The first-order chi connectivity index (χ1) is 7.19. The molecule has 78 valence electrons. The molecule has 0 atom stereocenters. The zero-order valence-electron chi connectivity index (χ0n) is 7.83. The van der Waals surface area contributed by atoms with Crippen LogP contribution in [0.4, 0.5) is 0 Å². The van der Waals surface area contributed by atoms with Gasteiger partial charge in [-0.1, -0.05) is 11.6 Å². The molecule has 1 heterocycles. The fourth-order valence-electron chi connectivity index (χ4n) is 1.66. The highest BCUT2D eigenvalue weighted by atomic mass is 127. The molecular formula is C10H7ClINOS. The second kappa shape index (κ2) is 4.35. The molecule has 0 unspecified atom stereocenters. The molecule has 0 bridgehead atoms. The Bertz CT molecular complexity index is 538. The Morgan fingerprint density at radius 3 is 2.93 bits per heavy atom. The predicted molar refractivity (Wildman–Crippen MR) is 74.1 cm³/mol. The molecule has 2 rings (SSSR count). The SMILES string of the molecule is Cc1cc(Cl)c(C=O)c2ccn(SI)c12. The van der Waals surface area contributed by atoms with E-state index in [4.69, 9.17) is 11.6 Å². The highest BCUT2D eigenvalue weighted by molar-refractivity contribution is 14.2. The summed E-state index contributed by atoms with van der Waals surface area (Å²) in [7, 11) is 1.57. The number of benzene rings is 1. The van der Waals surface area contributed by atoms with Crippen LogP contribution in [0.3, 0.4) is 0 Å². The Labute approximate surface area is 109 Å². The minimum atomic E-state index is 0.520. The molecule has 0 spiro atoms. The largest absolute Gasteiger partial charge is 0.298 e. The van der Waals surface area contributed by atoms with Crippen LogP contribution >= 0.6 is 41.9 Å². The van der Waals surface area contributed by atoms with Gasteiger partial charge in [0.2, 0.25) is 0 Å². The van der Waals surface area contributed by atoms with E-state index < -0.39 is 0 Å². The molecule has 1 aromatic heterocycles. The van der Waals surface area contributed by atoms with E-state index in [1.165, 1.54) is 0 Å². The molecule has 0 saturated heterocycles. The first kappa shape index (κ1) is 11.3. The maximum Gasteiger partial charge on any atom is 0.152 e. The molecule has 1 aromatic carbocycles. The lowest BCUT2D eigenvalue weighted by Gasteiger charge is -2.05. The standard InChI is InChI=1S/C10H7ClINOS/c1-6-4-9(11)8(5-14)7-2-3-13(15-12)10(6)7/h2-5H,1H3. The average Bonchev–Trinajstić information content (AvgIpc) is 2.62. The summed E-state index contributed by atoms with van der Waals surface area (Å²) in [6, 6.07) is 3.75. The van der Waals surface area contributed by atoms with Gasteiger partial charge >= 0.3 is 0 Å². The third kappa shape index (κ3) is 1.79. The molecule has 5 heteroatoms. The first-order valence-electron chi connectivity index (χ1n) is 4.23. The Morgan fingerprint density at radius 1 is 1.60 bits per heavy atom. The van der Waals surface area contributed by atoms with Crippen LogP contribution < -0.4 is 0 Å². The highest BCUT2D eigenvalue weighted by Crippen LogP contribution is 2.32. The summed E-state index contributed by atoms with van der Waals surface area (Å²) in [5, 5.41) is 1.44. The van der Waals surface area contributed by atoms with Crippen molar-refractivity contribution in [3.63, 3.8) is 0 Å². The second-order valence-electron chi connectivity index (χ2n) is 3.18. The number of fused-ring (bicyclic) bond motifs is 1. The summed E-state index contributed by atoms with van der Waals surface area (Å²) in [5.74, 6) is 0. The van der Waals surface area contributed by atoms with Gasteiger partial charge in [0.25, 0.3) is 0 Å². The van der Waals surface area contributed by atoms with Gasteiger partial charge in [-0.15, -0.1) is 0 Å². The maximum atomic E-state index is 10.9. The number of carbonyl (C=O) groups excluding carboxylic acids is 1. The first-order valence-corrected chi connectivity index (χ1v) is 7.93. The normalized spacial score (nSPS) is 10.9. The molecular weight excluding hydrogens is 345 g/mol. The smallest absolute Gasteiger partial charge is 0.152 e. The Kier molecular flexibility index (Phi) is 3.27. The van der Waals surface area contributed by atoms with Crippen molar-refractivity contribution in [1.29, 1.82) is 0 Å². The fraction of sp³-hybridized carbons (Fsp3) is 0.100. The van der Waals surface area contributed by atoms with Crippen molar-refractivity contribution in [3.8, 4) is 0 Å². The van der Waals surface area contributed by atoms with E-state index in [1.54, 1.807) is 9.12 Å². The molecule has 0 aliphatic rings. The Hall–Kier alpha value is -0.200. The summed E-state index contributed by atoms with van der Waals surface area (Å²) in [5.41, 5.74) is 2.71. The summed E-state index contributed by atoms with van der Waals surface area (Å²) in [4.78, 5) is 10.9. The molecule has 2 nitrogen and oxygen atoms in total. The maximum absolute atomic E-state index is 10.9. The van der Waals surface area contributed by atoms with Crippen LogP contribution in [-0.2, 0) is 0 Å². The van der Waals surface area contributed by atoms with E-state index in [0.717, 1.165) is 22.8 Å². The number of aldehydes is 1. The molecule has 0 N–H and O–H groups in total. The van der Waals surface area contributed by atoms with Crippen LogP contribution in [0.2, 0.25) is 5.02 Å². The van der Waals surface area contributed by atoms with Gasteiger partial charge in [0.05, 0.1) is 10.5 Å². The minimum absolute atomic E-state index is 0.520. The van der Waals surface area contributed by atoms with Crippen molar-refractivity contribution in [2.24, 2.45) is 0 Å². The van der Waals surface area contributed by atoms with Gasteiger partial charge in [0.1, 0.15) is 0 Å². The van der Waals surface area contributed by atoms with Gasteiger partial charge in [0.15, 0.2) is 6.29 Å². The number of halogens is 2. The summed E-state index contributed by atoms with van der Waals surface area (Å²) in [6.07, 6.45) is 2.75. The molecule has 2 aromatic rings. The van der Waals surface area contributed by atoms with Crippen LogP contribution in [0, 0.1) is 6.92 Å². The second-order valence-corrected chi connectivity index (χ2v) is 5.30. The number of rotatable bonds is 2. The summed E-state index contributed by atoms with van der Waals surface area (Å²) >= 11 is 8.22. The number of aromatic nitrogens is 1. The topological polar surface area (TPSA) is 22.0 Å². The Morgan fingerprint density at radius 2 is 2.33 bits per heavy atom. The Balaban J connectivity index is 2.92. The van der Waals surface area contributed by atoms with E-state index in [0.29, 0.717) is 10.6 Å². The molecule has 15 heavy (non-hydrogen) atoms. The monoisotopic (exact) mass is 351 g/mol. The van der Waals surface area contributed by atoms with E-state index in [2.05, 4.69) is 21.2 Å². The van der Waals surface area contributed by atoms with E-state index >= 15 is 0 Å². The van der Waals surface area contributed by atoms with Crippen molar-refractivity contribution >= 4 is 59.1 Å². The lowest BCUT2D eigenvalue weighted by atomic mass is 10.1. The molecule has 0 radical (unpaired) electrons. The van der Waals surface area contributed by atoms with Crippen molar-refractivity contribution in [3.05, 3.63) is 34.5 Å². The average molecular weight is 352 g/mol. The van der Waals surface area contributed by atoms with Crippen LogP contribution in [0.5, 0.6) is 0 Å². The predicted octanol–water partition coefficient (Wildman–Crippen LogP) is 4.26. The third-order valence-electron chi connectivity index (χ3n) is 2.31. The van der Waals surface area contributed by atoms with Crippen LogP contribution in [0.25, 0.3) is 10.9 Å². The quantitative estimate of drug-likeness (QED) is 0.596. The molecule has 0 aliphatic carbocycles. The van der Waals surface area contributed by atoms with E-state index in [9.17, 15) is 4.79 Å². The van der Waals surface area contributed by atoms with Crippen LogP contribution in [-0.4, -0.2) is 10.3 Å². The van der Waals surface area contributed by atoms with Gasteiger partial charge in [-0.05, 0) is 24.6 Å². The molecule has 0 aliphatic heterocycles. The minimum Gasteiger partial charge on any atom is -0.298 e. The fourth-order valence-corrected chi connectivity index (χ4v) is 3.37. The zero-order chi connectivity index (χ0) is 11.0. The number of aryl methyl sites for hydroxylation is 1. The molecule has 0 fully saturated rings. The van der Waals surface area contributed by atoms with E-state index in [-0.39, 0.29) is 0 Å². The van der Waals surface area contributed by atoms with Gasteiger partial charge in [0, 0.05) is 47.5 Å². The third-order valence-corrected chi connectivity index (χ3v) is 4.35. The summed E-state index contributed by atoms with van der Waals surface area (Å²) < 4.78 is 2.02. The molecule has 0 amide bonds. The zero-order valence-corrected chi connectivity index (χ0v) is 11.6. The van der Waals surface area contributed by atoms with Crippen LogP contribution in [0.1, 0.15) is 15.9 Å². The number of hydrogen-bond acceptors (Lipinski definition) is 2. The van der Waals surface area contributed by atoms with Crippen molar-refractivity contribution in [2.75, 3.05) is 0 Å². The lowest BCUT2D eigenvalue weighted by Crippen LogP contribution is -1.89. The van der Waals surface area contributed by atoms with Gasteiger partial charge in [-0.3, -0.25) is 8.77 Å². The van der Waals surface area contributed by atoms with E-state index in [1.807, 2.05) is 29.2 Å². The number of hydrogen-bond donors (Lipinski definition) is 0. The highest BCUT2D eigenvalue weighted by Gasteiger charge is 2.11. The van der Waals surface area contributed by atoms with Crippen LogP contribution in [0.15, 0.2) is 18.3 Å².